The molecular formula is C13H24N4O. The molecule has 1 aliphatic rings. The first-order chi connectivity index (χ1) is 8.85. The van der Waals surface area contributed by atoms with E-state index in [2.05, 4.69) is 29.2 Å². The Balaban J connectivity index is 1.76. The number of aromatic nitrogens is 3. The monoisotopic (exact) mass is 252 g/mol. The van der Waals surface area contributed by atoms with E-state index in [-0.39, 0.29) is 0 Å². The van der Waals surface area contributed by atoms with Gasteiger partial charge in [-0.1, -0.05) is 13.8 Å². The van der Waals surface area contributed by atoms with E-state index < -0.39 is 0 Å². The Hall–Kier alpha value is -0.940. The predicted octanol–water partition coefficient (Wildman–Crippen LogP) is 1.59. The summed E-state index contributed by atoms with van der Waals surface area (Å²) < 4.78 is 7.67. The van der Waals surface area contributed by atoms with Gasteiger partial charge in [0.05, 0.1) is 12.6 Å². The zero-order valence-electron chi connectivity index (χ0n) is 11.4. The zero-order chi connectivity index (χ0) is 12.8. The van der Waals surface area contributed by atoms with Crippen LogP contribution in [0, 0.1) is 5.92 Å². The quantitative estimate of drug-likeness (QED) is 0.800. The number of ether oxygens (including phenoxy) is 1. The van der Waals surface area contributed by atoms with Crippen LogP contribution in [0.25, 0.3) is 0 Å². The number of nitrogens with one attached hydrogen (secondary N) is 1. The number of hydrogen-bond donors (Lipinski definition) is 1. The average molecular weight is 252 g/mol. The summed E-state index contributed by atoms with van der Waals surface area (Å²) in [6.07, 6.45) is 5.45. The largest absolute Gasteiger partial charge is 0.378 e. The van der Waals surface area contributed by atoms with Crippen LogP contribution in [0.2, 0.25) is 0 Å². The average Bonchev–Trinajstić information content (AvgIpc) is 2.99. The summed E-state index contributed by atoms with van der Waals surface area (Å²) in [6.45, 7) is 8.02. The van der Waals surface area contributed by atoms with Gasteiger partial charge in [0.25, 0.3) is 0 Å². The third-order valence-electron chi connectivity index (χ3n) is 3.57. The van der Waals surface area contributed by atoms with Crippen molar-refractivity contribution in [1.82, 2.24) is 20.1 Å². The first-order valence-corrected chi connectivity index (χ1v) is 7.04. The molecule has 0 spiro atoms. The summed E-state index contributed by atoms with van der Waals surface area (Å²) >= 11 is 0. The van der Waals surface area contributed by atoms with E-state index in [0.29, 0.717) is 12.0 Å². The topological polar surface area (TPSA) is 52.0 Å². The van der Waals surface area contributed by atoms with Crippen LogP contribution in [0.15, 0.2) is 6.33 Å². The lowest BCUT2D eigenvalue weighted by atomic mass is 10.00. The first-order valence-electron chi connectivity index (χ1n) is 7.04. The van der Waals surface area contributed by atoms with Gasteiger partial charge >= 0.3 is 0 Å². The van der Waals surface area contributed by atoms with Crippen molar-refractivity contribution in [1.29, 1.82) is 0 Å². The van der Waals surface area contributed by atoms with Crippen LogP contribution in [0.3, 0.4) is 0 Å². The van der Waals surface area contributed by atoms with Crippen LogP contribution in [0.4, 0.5) is 0 Å². The molecule has 0 radical (unpaired) electrons. The molecule has 2 unspecified atom stereocenters. The Bertz CT molecular complexity index is 353. The maximum absolute atomic E-state index is 5.69. The molecule has 1 N–H and O–H groups in total. The second-order valence-corrected chi connectivity index (χ2v) is 4.90. The fourth-order valence-electron chi connectivity index (χ4n) is 2.57. The normalized spacial score (nSPS) is 23.7. The predicted molar refractivity (Wildman–Crippen MR) is 70.2 cm³/mol. The number of nitrogens with zero attached hydrogens (tertiary/aromatic N) is 3. The summed E-state index contributed by atoms with van der Waals surface area (Å²) in [7, 11) is 0. The van der Waals surface area contributed by atoms with Gasteiger partial charge in [-0.15, -0.1) is 0 Å². The minimum Gasteiger partial charge on any atom is -0.378 e. The van der Waals surface area contributed by atoms with Crippen molar-refractivity contribution < 1.29 is 4.74 Å². The van der Waals surface area contributed by atoms with Gasteiger partial charge in [0.1, 0.15) is 12.2 Å². The molecular weight excluding hydrogens is 228 g/mol. The lowest BCUT2D eigenvalue weighted by Crippen LogP contribution is -2.29. The van der Waals surface area contributed by atoms with Crippen molar-refractivity contribution in [3.05, 3.63) is 12.2 Å². The van der Waals surface area contributed by atoms with Crippen LogP contribution in [0.1, 0.15) is 38.9 Å². The molecule has 2 heterocycles. The van der Waals surface area contributed by atoms with E-state index in [1.165, 1.54) is 6.42 Å². The minimum atomic E-state index is 0.436. The molecule has 5 nitrogen and oxygen atoms in total. The summed E-state index contributed by atoms with van der Waals surface area (Å²) in [5.41, 5.74) is 0. The van der Waals surface area contributed by atoms with Gasteiger partial charge in [-0.05, 0) is 25.2 Å². The lowest BCUT2D eigenvalue weighted by Gasteiger charge is -2.17. The molecule has 102 valence electrons. The van der Waals surface area contributed by atoms with E-state index in [0.717, 1.165) is 44.9 Å². The van der Waals surface area contributed by atoms with Crippen LogP contribution < -0.4 is 5.32 Å². The van der Waals surface area contributed by atoms with Gasteiger partial charge in [0, 0.05) is 19.7 Å². The lowest BCUT2D eigenvalue weighted by molar-refractivity contribution is 0.0871. The minimum absolute atomic E-state index is 0.436. The molecule has 18 heavy (non-hydrogen) atoms. The van der Waals surface area contributed by atoms with Gasteiger partial charge in [-0.3, -0.25) is 0 Å². The summed E-state index contributed by atoms with van der Waals surface area (Å²) in [5, 5.41) is 7.72. The SMILES string of the molecule is CCCn1ncnc1CNCC1CCOC1CC. The maximum atomic E-state index is 5.69. The summed E-state index contributed by atoms with van der Waals surface area (Å²) in [4.78, 5) is 4.30. The molecule has 0 aromatic carbocycles. The fraction of sp³-hybridized carbons (Fsp3) is 0.846. The van der Waals surface area contributed by atoms with E-state index >= 15 is 0 Å². The van der Waals surface area contributed by atoms with Crippen LogP contribution in [-0.2, 0) is 17.8 Å². The third-order valence-corrected chi connectivity index (χ3v) is 3.57. The molecule has 0 saturated carbocycles. The first kappa shape index (κ1) is 13.5. The highest BCUT2D eigenvalue weighted by atomic mass is 16.5. The zero-order valence-corrected chi connectivity index (χ0v) is 11.4. The standard InChI is InChI=1S/C13H24N4O/c1-3-6-17-13(15-10-16-17)9-14-8-11-5-7-18-12(11)4-2/h10-12,14H,3-9H2,1-2H3. The van der Waals surface area contributed by atoms with Crippen molar-refractivity contribution in [3.8, 4) is 0 Å². The Kier molecular flexibility index (Phi) is 5.13. The summed E-state index contributed by atoms with van der Waals surface area (Å²) in [6, 6.07) is 0. The molecule has 1 saturated heterocycles. The highest BCUT2D eigenvalue weighted by Gasteiger charge is 2.26. The van der Waals surface area contributed by atoms with E-state index in [4.69, 9.17) is 4.74 Å². The smallest absolute Gasteiger partial charge is 0.140 e. The van der Waals surface area contributed by atoms with Gasteiger partial charge in [0.2, 0.25) is 0 Å². The second-order valence-electron chi connectivity index (χ2n) is 4.90. The van der Waals surface area contributed by atoms with Crippen molar-refractivity contribution >= 4 is 0 Å². The van der Waals surface area contributed by atoms with Crippen molar-refractivity contribution in [2.45, 2.75) is 52.3 Å². The Morgan fingerprint density at radius 1 is 1.50 bits per heavy atom. The van der Waals surface area contributed by atoms with Crippen molar-refractivity contribution in [2.24, 2.45) is 5.92 Å². The van der Waals surface area contributed by atoms with Gasteiger partial charge in [-0.2, -0.15) is 5.10 Å². The molecule has 0 bridgehead atoms. The second kappa shape index (κ2) is 6.85. The molecule has 1 aromatic heterocycles. The van der Waals surface area contributed by atoms with Crippen molar-refractivity contribution in [2.75, 3.05) is 13.2 Å². The molecule has 1 aliphatic heterocycles. The van der Waals surface area contributed by atoms with Crippen molar-refractivity contribution in [3.63, 3.8) is 0 Å². The number of hydrogen-bond acceptors (Lipinski definition) is 4. The Labute approximate surface area is 109 Å². The molecule has 5 heteroatoms. The molecule has 0 amide bonds. The summed E-state index contributed by atoms with van der Waals surface area (Å²) in [5.74, 6) is 1.68. The Morgan fingerprint density at radius 3 is 3.17 bits per heavy atom. The molecule has 1 fully saturated rings. The van der Waals surface area contributed by atoms with E-state index in [9.17, 15) is 0 Å². The molecule has 2 atom stereocenters. The molecule has 2 rings (SSSR count). The number of rotatable bonds is 7. The maximum Gasteiger partial charge on any atom is 0.140 e. The van der Waals surface area contributed by atoms with E-state index in [1.807, 2.05) is 4.68 Å². The molecule has 1 aromatic rings. The highest BCUT2D eigenvalue weighted by molar-refractivity contribution is 4.85. The van der Waals surface area contributed by atoms with Crippen LogP contribution in [-0.4, -0.2) is 34.0 Å². The third kappa shape index (κ3) is 3.29. The van der Waals surface area contributed by atoms with Gasteiger partial charge in [-0.25, -0.2) is 9.67 Å². The van der Waals surface area contributed by atoms with Gasteiger partial charge in [0.15, 0.2) is 0 Å². The number of aryl methyl sites for hydroxylation is 1. The Morgan fingerprint density at radius 2 is 2.39 bits per heavy atom. The van der Waals surface area contributed by atoms with Gasteiger partial charge < -0.3 is 10.1 Å². The fourth-order valence-corrected chi connectivity index (χ4v) is 2.57. The van der Waals surface area contributed by atoms with Crippen LogP contribution >= 0.6 is 0 Å². The van der Waals surface area contributed by atoms with Crippen LogP contribution in [0.5, 0.6) is 0 Å². The highest BCUT2D eigenvalue weighted by Crippen LogP contribution is 2.22. The van der Waals surface area contributed by atoms with E-state index in [1.54, 1.807) is 6.33 Å². The molecule has 0 aliphatic carbocycles.